The van der Waals surface area contributed by atoms with E-state index in [1.165, 1.54) is 103 Å². The van der Waals surface area contributed by atoms with Gasteiger partial charge in [0.15, 0.2) is 19.6 Å². The van der Waals surface area contributed by atoms with Gasteiger partial charge in [-0.3, -0.25) is 4.48 Å². The van der Waals surface area contributed by atoms with Crippen molar-refractivity contribution in [2.24, 2.45) is 0 Å². The van der Waals surface area contributed by atoms with Gasteiger partial charge in [-0.25, -0.2) is 14.4 Å². The van der Waals surface area contributed by atoms with E-state index >= 15 is 0 Å². The Hall–Kier alpha value is -1.89. The summed E-state index contributed by atoms with van der Waals surface area (Å²) in [4.78, 5) is 33.6. The molecular weight excluding hydrogens is 470 g/mol. The Morgan fingerprint density at radius 1 is 0.486 bits per heavy atom. The van der Waals surface area contributed by atoms with E-state index in [1.807, 2.05) is 0 Å². The average Bonchev–Trinajstić information content (AvgIpc) is 2.81. The Balaban J connectivity index is 3.64. The molecule has 7 heteroatoms. The molecule has 0 aliphatic rings. The molecule has 3 N–H and O–H groups in total. The quantitative estimate of drug-likeness (QED) is 0.0555. The number of carboxylic acid groups (broad SMARTS) is 3. The summed E-state index contributed by atoms with van der Waals surface area (Å²) in [6.07, 6.45) is 29.3. The fourth-order valence-electron chi connectivity index (χ4n) is 5.02. The molecule has 0 spiro atoms. The zero-order valence-electron chi connectivity index (χ0n) is 23.6. The van der Waals surface area contributed by atoms with Crippen LogP contribution in [-0.2, 0) is 14.4 Å². The second-order valence-electron chi connectivity index (χ2n) is 10.8. The maximum Gasteiger partial charge on any atom is 0.359 e. The molecule has 0 fully saturated rings. The minimum absolute atomic E-state index is 0.265. The molecule has 0 aliphatic heterocycles. The third kappa shape index (κ3) is 24.2. The highest BCUT2D eigenvalue weighted by atomic mass is 16.4. The molecular formula is C30H56NO6+. The third-order valence-corrected chi connectivity index (χ3v) is 7.06. The van der Waals surface area contributed by atoms with Gasteiger partial charge in [0, 0.05) is 0 Å². The molecule has 0 aromatic rings. The number of nitrogens with zero attached hydrogens (tertiary/aromatic N) is 1. The van der Waals surface area contributed by atoms with Crippen LogP contribution in [-0.4, -0.2) is 63.9 Å². The fourth-order valence-corrected chi connectivity index (χ4v) is 5.02. The minimum Gasteiger partial charge on any atom is -0.477 e. The van der Waals surface area contributed by atoms with Crippen LogP contribution in [0.3, 0.4) is 0 Å². The number of unbranched alkanes of at least 4 members (excludes halogenated alkanes) is 18. The molecule has 0 unspecified atom stereocenters. The summed E-state index contributed by atoms with van der Waals surface area (Å²) in [6.45, 7) is 1.09. The van der Waals surface area contributed by atoms with Gasteiger partial charge < -0.3 is 15.3 Å². The average molecular weight is 527 g/mol. The van der Waals surface area contributed by atoms with Crippen LogP contribution in [0.25, 0.3) is 0 Å². The monoisotopic (exact) mass is 526 g/mol. The lowest BCUT2D eigenvalue weighted by molar-refractivity contribution is -0.907. The van der Waals surface area contributed by atoms with Crippen molar-refractivity contribution in [2.45, 2.75) is 135 Å². The lowest BCUT2D eigenvalue weighted by atomic mass is 10.0. The number of hydrogen-bond donors (Lipinski definition) is 3. The molecule has 0 amide bonds. The first-order valence-corrected chi connectivity index (χ1v) is 15.0. The lowest BCUT2D eigenvalue weighted by Crippen LogP contribution is -2.57. The van der Waals surface area contributed by atoms with Gasteiger partial charge in [-0.05, 0) is 38.5 Å². The summed E-state index contributed by atoms with van der Waals surface area (Å²) < 4.78 is -0.434. The molecule has 0 aromatic carbocycles. The molecule has 0 rings (SSSR count). The first-order valence-electron chi connectivity index (χ1n) is 15.0. The van der Waals surface area contributed by atoms with E-state index in [2.05, 4.69) is 19.1 Å². The highest BCUT2D eigenvalue weighted by Crippen LogP contribution is 2.15. The number of aliphatic carboxylic acids is 3. The van der Waals surface area contributed by atoms with Crippen LogP contribution in [0.15, 0.2) is 12.2 Å². The highest BCUT2D eigenvalue weighted by molar-refractivity contribution is 5.73. The third-order valence-electron chi connectivity index (χ3n) is 7.06. The zero-order chi connectivity index (χ0) is 27.6. The SMILES string of the molecule is CCCCCC/C=C/CCCCCCCCCCCCCCCC[N+](CC(=O)O)(CC(=O)O)CC(=O)O. The predicted molar refractivity (Wildman–Crippen MR) is 150 cm³/mol. The number of carboxylic acids is 3. The van der Waals surface area contributed by atoms with E-state index in [4.69, 9.17) is 15.3 Å². The molecule has 37 heavy (non-hydrogen) atoms. The summed E-state index contributed by atoms with van der Waals surface area (Å²) in [5, 5.41) is 27.4. The molecule has 216 valence electrons. The van der Waals surface area contributed by atoms with E-state index in [0.717, 1.165) is 19.3 Å². The van der Waals surface area contributed by atoms with Gasteiger partial charge in [-0.15, -0.1) is 0 Å². The van der Waals surface area contributed by atoms with E-state index in [0.29, 0.717) is 6.42 Å². The van der Waals surface area contributed by atoms with Gasteiger partial charge in [0.05, 0.1) is 6.54 Å². The van der Waals surface area contributed by atoms with Gasteiger partial charge in [0.1, 0.15) is 0 Å². The van der Waals surface area contributed by atoms with E-state index in [9.17, 15) is 14.4 Å². The van der Waals surface area contributed by atoms with Gasteiger partial charge >= 0.3 is 17.9 Å². The normalized spacial score (nSPS) is 11.8. The van der Waals surface area contributed by atoms with Gasteiger partial charge in [-0.2, -0.15) is 0 Å². The van der Waals surface area contributed by atoms with E-state index in [-0.39, 0.29) is 6.54 Å². The molecule has 0 atom stereocenters. The van der Waals surface area contributed by atoms with Crippen LogP contribution < -0.4 is 0 Å². The van der Waals surface area contributed by atoms with Crippen LogP contribution in [0.5, 0.6) is 0 Å². The number of carbonyl (C=O) groups is 3. The smallest absolute Gasteiger partial charge is 0.359 e. The molecule has 0 bridgehead atoms. The van der Waals surface area contributed by atoms with Crippen molar-refractivity contribution >= 4 is 17.9 Å². The first kappa shape index (κ1) is 35.1. The largest absolute Gasteiger partial charge is 0.477 e. The first-order chi connectivity index (χ1) is 17.8. The van der Waals surface area contributed by atoms with Crippen molar-refractivity contribution in [1.29, 1.82) is 0 Å². The Labute approximate surface area is 225 Å². The lowest BCUT2D eigenvalue weighted by Gasteiger charge is -2.34. The van der Waals surface area contributed by atoms with E-state index < -0.39 is 42.0 Å². The van der Waals surface area contributed by atoms with Crippen molar-refractivity contribution in [1.82, 2.24) is 0 Å². The number of quaternary nitrogens is 1. The summed E-state index contributed by atoms with van der Waals surface area (Å²) >= 11 is 0. The van der Waals surface area contributed by atoms with Crippen LogP contribution in [0.2, 0.25) is 0 Å². The van der Waals surface area contributed by atoms with Crippen molar-refractivity contribution in [2.75, 3.05) is 26.2 Å². The number of allylic oxidation sites excluding steroid dienone is 2. The van der Waals surface area contributed by atoms with Crippen molar-refractivity contribution in [3.63, 3.8) is 0 Å². The number of rotatable bonds is 28. The zero-order valence-corrected chi connectivity index (χ0v) is 23.6. The van der Waals surface area contributed by atoms with E-state index in [1.54, 1.807) is 0 Å². The predicted octanol–water partition coefficient (Wildman–Crippen LogP) is 7.44. The summed E-state index contributed by atoms with van der Waals surface area (Å²) in [5.41, 5.74) is 0. The maximum atomic E-state index is 11.2. The van der Waals surface area contributed by atoms with Crippen LogP contribution in [0.1, 0.15) is 135 Å². The maximum absolute atomic E-state index is 11.2. The Bertz CT molecular complexity index is 578. The topological polar surface area (TPSA) is 112 Å². The van der Waals surface area contributed by atoms with Crippen molar-refractivity contribution < 1.29 is 34.2 Å². The summed E-state index contributed by atoms with van der Waals surface area (Å²) in [5.74, 6) is -3.50. The summed E-state index contributed by atoms with van der Waals surface area (Å²) in [7, 11) is 0. The second-order valence-corrected chi connectivity index (χ2v) is 10.8. The highest BCUT2D eigenvalue weighted by Gasteiger charge is 2.35. The van der Waals surface area contributed by atoms with Gasteiger partial charge in [0.25, 0.3) is 0 Å². The van der Waals surface area contributed by atoms with Crippen molar-refractivity contribution in [3.05, 3.63) is 12.2 Å². The van der Waals surface area contributed by atoms with Crippen molar-refractivity contribution in [3.8, 4) is 0 Å². The molecule has 7 nitrogen and oxygen atoms in total. The molecule has 0 radical (unpaired) electrons. The standard InChI is InChI=1S/C30H55NO6/c1-2-3-4-5-6-7-8-9-10-11-12-13-14-15-16-17-18-19-20-21-22-23-24-31(25-28(32)33,26-29(34)35)27-30(36)37/h7-8H,2-6,9-27H2,1H3,(H2-,32,33,34,35,36,37)/p+1/b8-7+. The summed E-state index contributed by atoms with van der Waals surface area (Å²) in [6, 6.07) is 0. The van der Waals surface area contributed by atoms with Gasteiger partial charge in [-0.1, -0.05) is 109 Å². The Morgan fingerprint density at radius 3 is 1.11 bits per heavy atom. The number of hydrogen-bond acceptors (Lipinski definition) is 3. The fraction of sp³-hybridized carbons (Fsp3) is 0.833. The molecule has 0 aliphatic carbocycles. The van der Waals surface area contributed by atoms with Crippen LogP contribution in [0.4, 0.5) is 0 Å². The van der Waals surface area contributed by atoms with Crippen LogP contribution >= 0.6 is 0 Å². The second kappa shape index (κ2) is 24.4. The molecule has 0 saturated carbocycles. The Kier molecular flexibility index (Phi) is 23.2. The molecule has 0 saturated heterocycles. The molecule has 0 heterocycles. The molecule has 0 aromatic heterocycles. The minimum atomic E-state index is -1.17. The Morgan fingerprint density at radius 2 is 0.784 bits per heavy atom. The van der Waals surface area contributed by atoms with Crippen LogP contribution in [0, 0.1) is 0 Å². The van der Waals surface area contributed by atoms with Gasteiger partial charge in [0.2, 0.25) is 0 Å².